The number of hydrogen-bond donors (Lipinski definition) is 6. The average Bonchev–Trinajstić information content (AvgIpc) is 3.12. The Balaban J connectivity index is 2.03. The van der Waals surface area contributed by atoms with Crippen molar-refractivity contribution >= 4 is 39.2 Å². The lowest BCUT2D eigenvalue weighted by molar-refractivity contribution is 0.234. The van der Waals surface area contributed by atoms with E-state index in [0.717, 1.165) is 0 Å². The second kappa shape index (κ2) is 10.4. The van der Waals surface area contributed by atoms with Gasteiger partial charge in [-0.2, -0.15) is 0 Å². The van der Waals surface area contributed by atoms with Gasteiger partial charge in [0.15, 0.2) is 17.5 Å². The summed E-state index contributed by atoms with van der Waals surface area (Å²) in [5.41, 5.74) is 8.00. The highest BCUT2D eigenvalue weighted by Gasteiger charge is 2.16. The maximum Gasteiger partial charge on any atom is 0.202 e. The van der Waals surface area contributed by atoms with Crippen LogP contribution in [0.1, 0.15) is 5.69 Å². The molecule has 146 valence electrons. The van der Waals surface area contributed by atoms with E-state index in [1.165, 1.54) is 18.2 Å². The monoisotopic (exact) mass is 444 g/mol. The molecule has 0 atom stereocenters. The Morgan fingerprint density at radius 2 is 2.15 bits per heavy atom. The maximum atomic E-state index is 13.3. The topological polar surface area (TPSA) is 166 Å². The number of aliphatic hydroxyl groups excluding tert-OH is 1. The Bertz CT molecular complexity index is 813. The molecule has 0 aliphatic heterocycles. The minimum atomic E-state index is -0.438. The van der Waals surface area contributed by atoms with Gasteiger partial charge < -0.3 is 21.5 Å². The molecule has 0 aliphatic rings. The van der Waals surface area contributed by atoms with Crippen LogP contribution in [-0.2, 0) is 0 Å². The Morgan fingerprint density at radius 3 is 2.85 bits per heavy atom. The number of hydrogen-bond acceptors (Lipinski definition) is 8. The summed E-state index contributed by atoms with van der Waals surface area (Å²) in [6, 6.07) is 4.09. The number of hydroxylamine groups is 1. The molecule has 0 saturated carbocycles. The molecule has 2 rings (SSSR count). The smallest absolute Gasteiger partial charge is 0.202 e. The van der Waals surface area contributed by atoms with Crippen molar-refractivity contribution in [2.75, 3.05) is 31.6 Å². The highest BCUT2D eigenvalue weighted by atomic mass is 79.9. The molecule has 0 bridgehead atoms. The first kappa shape index (κ1) is 20.5. The molecule has 0 unspecified atom stereocenters. The summed E-state index contributed by atoms with van der Waals surface area (Å²) in [7, 11) is 0. The van der Waals surface area contributed by atoms with Crippen molar-refractivity contribution in [3.63, 3.8) is 0 Å². The van der Waals surface area contributed by atoms with Crippen LogP contribution >= 0.6 is 15.9 Å². The highest BCUT2D eigenvalue weighted by molar-refractivity contribution is 9.10. The van der Waals surface area contributed by atoms with Gasteiger partial charge in [0.2, 0.25) is 5.82 Å². The number of nitrogens with zero attached hydrogens (tertiary/aromatic N) is 4. The zero-order chi connectivity index (χ0) is 19.6. The van der Waals surface area contributed by atoms with Crippen molar-refractivity contribution in [2.45, 2.75) is 0 Å². The van der Waals surface area contributed by atoms with Gasteiger partial charge in [-0.15, -0.1) is 0 Å². The van der Waals surface area contributed by atoms with Gasteiger partial charge in [0.1, 0.15) is 5.82 Å². The number of nitrogens with two attached hydrogens (primary N) is 1. The molecule has 13 heteroatoms. The predicted octanol–water partition coefficient (Wildman–Crippen LogP) is 0.337. The minimum absolute atomic E-state index is 0.0470. The van der Waals surface area contributed by atoms with Gasteiger partial charge in [0.25, 0.3) is 0 Å². The van der Waals surface area contributed by atoms with E-state index in [9.17, 15) is 9.60 Å². The van der Waals surface area contributed by atoms with E-state index in [0.29, 0.717) is 18.8 Å². The number of nitrogens with one attached hydrogen (secondary N) is 3. The van der Waals surface area contributed by atoms with Gasteiger partial charge in [-0.3, -0.25) is 15.7 Å². The SMILES string of the molecule is NC(=NCCO)NCCNc1nonc1C(=Nc1ccc(F)c(Br)c1)NO. The maximum absolute atomic E-state index is 13.3. The molecule has 11 nitrogen and oxygen atoms in total. The van der Waals surface area contributed by atoms with E-state index < -0.39 is 5.82 Å². The molecule has 0 spiro atoms. The molecule has 2 aromatic rings. The number of aromatic nitrogens is 2. The van der Waals surface area contributed by atoms with Gasteiger partial charge >= 0.3 is 0 Å². The molecule has 1 heterocycles. The van der Waals surface area contributed by atoms with Crippen molar-refractivity contribution in [3.8, 4) is 0 Å². The fourth-order valence-electron chi connectivity index (χ4n) is 1.87. The zero-order valence-electron chi connectivity index (χ0n) is 14.0. The fourth-order valence-corrected chi connectivity index (χ4v) is 2.24. The van der Waals surface area contributed by atoms with Gasteiger partial charge in [0, 0.05) is 13.1 Å². The van der Waals surface area contributed by atoms with Crippen LogP contribution in [0.15, 0.2) is 37.3 Å². The summed E-state index contributed by atoms with van der Waals surface area (Å²) < 4.78 is 18.2. The molecule has 0 amide bonds. The van der Waals surface area contributed by atoms with Crippen LogP contribution in [0.3, 0.4) is 0 Å². The lowest BCUT2D eigenvalue weighted by Gasteiger charge is -2.07. The molecule has 1 aromatic carbocycles. The van der Waals surface area contributed by atoms with E-state index in [2.05, 4.69) is 51.5 Å². The standard InChI is InChI=1S/C14H18BrFN8O3/c15-9-7-8(1-2-10(9)16)21-13(22-26)11-12(24-27-23-11)18-3-4-19-14(17)20-5-6-25/h1-2,7,25-26H,3-6H2,(H,18,24)(H,21,22)(H3,17,19,20). The van der Waals surface area contributed by atoms with Crippen LogP contribution < -0.4 is 21.8 Å². The predicted molar refractivity (Wildman–Crippen MR) is 99.6 cm³/mol. The van der Waals surface area contributed by atoms with E-state index in [4.69, 9.17) is 10.8 Å². The Hall–Kier alpha value is -2.77. The largest absolute Gasteiger partial charge is 0.394 e. The number of amidine groups is 1. The third-order valence-corrected chi connectivity index (χ3v) is 3.68. The summed E-state index contributed by atoms with van der Waals surface area (Å²) in [4.78, 5) is 8.01. The van der Waals surface area contributed by atoms with Gasteiger partial charge in [-0.1, -0.05) is 0 Å². The number of halogens is 2. The average molecular weight is 445 g/mol. The van der Waals surface area contributed by atoms with Crippen LogP contribution in [0.5, 0.6) is 0 Å². The number of aliphatic imine (C=N–C) groups is 2. The number of rotatable bonds is 8. The van der Waals surface area contributed by atoms with E-state index in [1.807, 2.05) is 5.48 Å². The Kier molecular flexibility index (Phi) is 7.91. The first-order valence-electron chi connectivity index (χ1n) is 7.70. The second-order valence-corrected chi connectivity index (χ2v) is 5.83. The van der Waals surface area contributed by atoms with Crippen LogP contribution in [-0.4, -0.2) is 58.7 Å². The molecule has 1 aromatic heterocycles. The van der Waals surface area contributed by atoms with Crippen LogP contribution in [0.4, 0.5) is 15.9 Å². The third kappa shape index (κ3) is 6.16. The zero-order valence-corrected chi connectivity index (χ0v) is 15.6. The quantitative estimate of drug-likeness (QED) is 0.145. The summed E-state index contributed by atoms with van der Waals surface area (Å²) in [6.45, 7) is 0.898. The highest BCUT2D eigenvalue weighted by Crippen LogP contribution is 2.23. The molecular weight excluding hydrogens is 427 g/mol. The van der Waals surface area contributed by atoms with Crippen molar-refractivity contribution in [1.29, 1.82) is 0 Å². The molecule has 0 radical (unpaired) electrons. The van der Waals surface area contributed by atoms with Crippen molar-refractivity contribution in [1.82, 2.24) is 21.1 Å². The number of benzene rings is 1. The van der Waals surface area contributed by atoms with Gasteiger partial charge in [-0.05, 0) is 44.4 Å². The molecule has 0 fully saturated rings. The molecular formula is C14H18BrFN8O3. The third-order valence-electron chi connectivity index (χ3n) is 3.07. The van der Waals surface area contributed by atoms with Gasteiger partial charge in [0.05, 0.1) is 23.3 Å². The Labute approximate surface area is 161 Å². The molecule has 7 N–H and O–H groups in total. The lowest BCUT2D eigenvalue weighted by Crippen LogP contribution is -2.35. The first-order valence-corrected chi connectivity index (χ1v) is 8.49. The molecule has 0 saturated heterocycles. The lowest BCUT2D eigenvalue weighted by atomic mass is 10.3. The van der Waals surface area contributed by atoms with E-state index in [1.54, 1.807) is 0 Å². The van der Waals surface area contributed by atoms with Crippen molar-refractivity contribution in [2.24, 2.45) is 15.7 Å². The van der Waals surface area contributed by atoms with Crippen LogP contribution in [0, 0.1) is 5.82 Å². The van der Waals surface area contributed by atoms with E-state index >= 15 is 0 Å². The normalized spacial score (nSPS) is 12.1. The second-order valence-electron chi connectivity index (χ2n) is 4.98. The summed E-state index contributed by atoms with van der Waals surface area (Å²) >= 11 is 3.06. The minimum Gasteiger partial charge on any atom is -0.394 e. The Morgan fingerprint density at radius 1 is 1.33 bits per heavy atom. The van der Waals surface area contributed by atoms with Crippen molar-refractivity contribution < 1.29 is 19.3 Å². The van der Waals surface area contributed by atoms with Crippen molar-refractivity contribution in [3.05, 3.63) is 34.2 Å². The summed E-state index contributed by atoms with van der Waals surface area (Å²) in [5, 5.41) is 31.2. The number of guanidine groups is 1. The van der Waals surface area contributed by atoms with Gasteiger partial charge in [-0.25, -0.2) is 14.0 Å². The molecule has 27 heavy (non-hydrogen) atoms. The summed E-state index contributed by atoms with van der Waals surface area (Å²) in [6.07, 6.45) is 0. The fraction of sp³-hybridized carbons (Fsp3) is 0.286. The number of anilines is 1. The summed E-state index contributed by atoms with van der Waals surface area (Å²) in [5.74, 6) is -0.0592. The molecule has 0 aliphatic carbocycles. The first-order chi connectivity index (χ1) is 13.0. The van der Waals surface area contributed by atoms with Crippen LogP contribution in [0.2, 0.25) is 0 Å². The number of aliphatic hydroxyl groups is 1. The van der Waals surface area contributed by atoms with E-state index in [-0.39, 0.29) is 40.9 Å². The van der Waals surface area contributed by atoms with Crippen LogP contribution in [0.25, 0.3) is 0 Å².